The molecule has 0 aromatic carbocycles. The van der Waals surface area contributed by atoms with Crippen molar-refractivity contribution in [3.8, 4) is 0 Å². The predicted octanol–water partition coefficient (Wildman–Crippen LogP) is 2.81. The molecule has 1 aliphatic heterocycles. The molecule has 2 heterocycles. The van der Waals surface area contributed by atoms with Crippen LogP contribution in [0.3, 0.4) is 0 Å². The van der Waals surface area contributed by atoms with E-state index in [1.54, 1.807) is 16.2 Å². The minimum atomic E-state index is 0.135. The molecule has 0 radical (unpaired) electrons. The van der Waals surface area contributed by atoms with Crippen LogP contribution in [-0.4, -0.2) is 22.6 Å². The number of anilines is 1. The number of rotatable bonds is 6. The minimum absolute atomic E-state index is 0.135. The molecule has 2 rings (SSSR count). The molecule has 18 heavy (non-hydrogen) atoms. The monoisotopic (exact) mass is 265 g/mol. The number of carbonyl (C=O) groups excluding carboxylic acids is 1. The molecule has 0 aliphatic carbocycles. The number of aryl methyl sites for hydroxylation is 1. The number of hydrogen-bond donors (Lipinski definition) is 0. The first kappa shape index (κ1) is 13.2. The summed E-state index contributed by atoms with van der Waals surface area (Å²) in [6.07, 6.45) is 6.94. The largest absolute Gasteiger partial charge is 0.286 e. The molecule has 0 N–H and O–H groups in total. The molecule has 0 bridgehead atoms. The predicted molar refractivity (Wildman–Crippen MR) is 73.8 cm³/mol. The molecule has 1 unspecified atom stereocenters. The van der Waals surface area contributed by atoms with Gasteiger partial charge in [0.2, 0.25) is 11.0 Å². The minimum Gasteiger partial charge on any atom is -0.286 e. The molecule has 98 valence electrons. The fourth-order valence-corrected chi connectivity index (χ4v) is 2.97. The van der Waals surface area contributed by atoms with Gasteiger partial charge in [0.25, 0.3) is 0 Å². The summed E-state index contributed by atoms with van der Waals surface area (Å²) in [6, 6.07) is 0. The van der Waals surface area contributed by atoms with Gasteiger partial charge in [-0.2, -0.15) is 0 Å². The molecule has 1 fully saturated rings. The van der Waals surface area contributed by atoms with Gasteiger partial charge in [-0.3, -0.25) is 9.69 Å². The van der Waals surface area contributed by atoms with Gasteiger partial charge < -0.3 is 0 Å². The van der Waals surface area contributed by atoms with Gasteiger partial charge in [-0.05, 0) is 6.42 Å². The summed E-state index contributed by atoms with van der Waals surface area (Å²) in [6.45, 7) is 6.63. The molecule has 1 saturated heterocycles. The van der Waals surface area contributed by atoms with Crippen molar-refractivity contribution in [1.82, 2.24) is 10.2 Å². The van der Waals surface area contributed by atoms with Crippen molar-refractivity contribution in [3.63, 3.8) is 0 Å². The topological polar surface area (TPSA) is 46.1 Å². The third kappa shape index (κ3) is 2.96. The maximum absolute atomic E-state index is 11.8. The number of carbonyl (C=O) groups is 1. The van der Waals surface area contributed by atoms with Crippen LogP contribution in [0.1, 0.15) is 37.6 Å². The fourth-order valence-electron chi connectivity index (χ4n) is 2.06. The Labute approximate surface area is 112 Å². The molecule has 4 nitrogen and oxygen atoms in total. The van der Waals surface area contributed by atoms with E-state index < -0.39 is 0 Å². The van der Waals surface area contributed by atoms with E-state index in [-0.39, 0.29) is 11.8 Å². The van der Waals surface area contributed by atoms with Crippen molar-refractivity contribution in [2.24, 2.45) is 5.92 Å². The van der Waals surface area contributed by atoms with Gasteiger partial charge in [-0.15, -0.1) is 16.8 Å². The van der Waals surface area contributed by atoms with E-state index in [0.29, 0.717) is 13.0 Å². The summed E-state index contributed by atoms with van der Waals surface area (Å²) in [5, 5.41) is 10.1. The van der Waals surface area contributed by atoms with E-state index in [2.05, 4.69) is 23.7 Å². The second-order valence-electron chi connectivity index (χ2n) is 4.64. The van der Waals surface area contributed by atoms with Crippen LogP contribution in [0.5, 0.6) is 0 Å². The highest BCUT2D eigenvalue weighted by molar-refractivity contribution is 7.15. The molecular weight excluding hydrogens is 246 g/mol. The Bertz CT molecular complexity index is 430. The Balaban J connectivity index is 1.97. The zero-order chi connectivity index (χ0) is 13.0. The normalized spacial score (nSPS) is 19.5. The van der Waals surface area contributed by atoms with Crippen molar-refractivity contribution < 1.29 is 4.79 Å². The van der Waals surface area contributed by atoms with Crippen LogP contribution in [-0.2, 0) is 11.2 Å². The van der Waals surface area contributed by atoms with Gasteiger partial charge in [-0.25, -0.2) is 0 Å². The molecule has 0 saturated carbocycles. The first-order chi connectivity index (χ1) is 8.74. The highest BCUT2D eigenvalue weighted by Gasteiger charge is 2.30. The fraction of sp³-hybridized carbons (Fsp3) is 0.615. The Morgan fingerprint density at radius 1 is 1.50 bits per heavy atom. The van der Waals surface area contributed by atoms with Crippen LogP contribution in [0.15, 0.2) is 12.7 Å². The Morgan fingerprint density at radius 3 is 3.00 bits per heavy atom. The third-order valence-electron chi connectivity index (χ3n) is 3.17. The summed E-state index contributed by atoms with van der Waals surface area (Å²) in [5.74, 6) is 0.390. The molecule has 1 atom stereocenters. The summed E-state index contributed by atoms with van der Waals surface area (Å²) >= 11 is 1.55. The lowest BCUT2D eigenvalue weighted by Gasteiger charge is -2.10. The maximum Gasteiger partial charge on any atom is 0.229 e. The van der Waals surface area contributed by atoms with E-state index in [0.717, 1.165) is 23.0 Å². The first-order valence-electron chi connectivity index (χ1n) is 6.50. The first-order valence-corrected chi connectivity index (χ1v) is 7.31. The lowest BCUT2D eigenvalue weighted by molar-refractivity contribution is -0.117. The molecule has 1 amide bonds. The molecule has 5 heteroatoms. The SMILES string of the molecule is C=CC1CC(=O)N(c2nnc(CCCCC)s2)C1. The van der Waals surface area contributed by atoms with Crippen LogP contribution in [0.4, 0.5) is 5.13 Å². The highest BCUT2D eigenvalue weighted by atomic mass is 32.1. The van der Waals surface area contributed by atoms with E-state index in [1.807, 2.05) is 6.08 Å². The van der Waals surface area contributed by atoms with Gasteiger partial charge >= 0.3 is 0 Å². The van der Waals surface area contributed by atoms with Gasteiger partial charge in [0.05, 0.1) is 0 Å². The molecular formula is C13H19N3OS. The van der Waals surface area contributed by atoms with Crippen LogP contribution < -0.4 is 4.90 Å². The quantitative estimate of drug-likeness (QED) is 0.587. The average Bonchev–Trinajstić information content (AvgIpc) is 2.96. The smallest absolute Gasteiger partial charge is 0.229 e. The van der Waals surface area contributed by atoms with Crippen LogP contribution in [0.25, 0.3) is 0 Å². The van der Waals surface area contributed by atoms with Crippen LogP contribution in [0.2, 0.25) is 0 Å². The Morgan fingerprint density at radius 2 is 2.33 bits per heavy atom. The maximum atomic E-state index is 11.8. The van der Waals surface area contributed by atoms with Gasteiger partial charge in [0, 0.05) is 25.3 Å². The zero-order valence-corrected chi connectivity index (χ0v) is 11.6. The van der Waals surface area contributed by atoms with Crippen molar-refractivity contribution in [1.29, 1.82) is 0 Å². The number of unbranched alkanes of at least 4 members (excludes halogenated alkanes) is 2. The number of hydrogen-bond acceptors (Lipinski definition) is 4. The molecule has 0 spiro atoms. The molecule has 1 aliphatic rings. The lowest BCUT2D eigenvalue weighted by atomic mass is 10.1. The van der Waals surface area contributed by atoms with E-state index >= 15 is 0 Å². The van der Waals surface area contributed by atoms with Crippen LogP contribution >= 0.6 is 11.3 Å². The number of nitrogens with zero attached hydrogens (tertiary/aromatic N) is 3. The van der Waals surface area contributed by atoms with Crippen molar-refractivity contribution in [3.05, 3.63) is 17.7 Å². The van der Waals surface area contributed by atoms with Crippen molar-refractivity contribution in [2.45, 2.75) is 39.0 Å². The second kappa shape index (κ2) is 6.09. The molecule has 1 aromatic heterocycles. The average molecular weight is 265 g/mol. The summed E-state index contributed by atoms with van der Waals surface area (Å²) in [5.41, 5.74) is 0. The standard InChI is InChI=1S/C13H19N3OS/c1-3-5-6-7-11-14-15-13(18-11)16-9-10(4-2)8-12(16)17/h4,10H,2-3,5-9H2,1H3. The number of aromatic nitrogens is 2. The third-order valence-corrected chi connectivity index (χ3v) is 4.18. The van der Waals surface area contributed by atoms with E-state index in [9.17, 15) is 4.79 Å². The summed E-state index contributed by atoms with van der Waals surface area (Å²) in [4.78, 5) is 13.6. The van der Waals surface area contributed by atoms with Gasteiger partial charge in [0.1, 0.15) is 5.01 Å². The summed E-state index contributed by atoms with van der Waals surface area (Å²) < 4.78 is 0. The van der Waals surface area contributed by atoms with Crippen molar-refractivity contribution >= 4 is 22.4 Å². The zero-order valence-electron chi connectivity index (χ0n) is 10.8. The van der Waals surface area contributed by atoms with E-state index in [1.165, 1.54) is 12.8 Å². The second-order valence-corrected chi connectivity index (χ2v) is 5.68. The van der Waals surface area contributed by atoms with E-state index in [4.69, 9.17) is 0 Å². The summed E-state index contributed by atoms with van der Waals surface area (Å²) in [7, 11) is 0. The van der Waals surface area contributed by atoms with Gasteiger partial charge in [0.15, 0.2) is 0 Å². The lowest BCUT2D eigenvalue weighted by Crippen LogP contribution is -2.24. The number of amides is 1. The van der Waals surface area contributed by atoms with Crippen molar-refractivity contribution in [2.75, 3.05) is 11.4 Å². The highest BCUT2D eigenvalue weighted by Crippen LogP contribution is 2.28. The molecule has 1 aromatic rings. The Kier molecular flexibility index (Phi) is 4.47. The Hall–Kier alpha value is -1.23. The van der Waals surface area contributed by atoms with Gasteiger partial charge in [-0.1, -0.05) is 37.2 Å². The van der Waals surface area contributed by atoms with Crippen LogP contribution in [0, 0.1) is 5.92 Å².